The van der Waals surface area contributed by atoms with Crippen molar-refractivity contribution in [3.05, 3.63) is 52.3 Å². The van der Waals surface area contributed by atoms with E-state index in [1.165, 1.54) is 16.8 Å². The van der Waals surface area contributed by atoms with Crippen molar-refractivity contribution in [3.8, 4) is 0 Å². The van der Waals surface area contributed by atoms with Gasteiger partial charge in [0.05, 0.1) is 34.0 Å². The van der Waals surface area contributed by atoms with Gasteiger partial charge < -0.3 is 5.32 Å². The smallest absolute Gasteiger partial charge is 0.258 e. The molecule has 0 aliphatic carbocycles. The maximum absolute atomic E-state index is 12.8. The summed E-state index contributed by atoms with van der Waals surface area (Å²) in [6.45, 7) is 4.69. The summed E-state index contributed by atoms with van der Waals surface area (Å²) in [4.78, 5) is 17.3. The monoisotopic (exact) mass is 461 g/mol. The Morgan fingerprint density at radius 2 is 1.81 bits per heavy atom. The third-order valence-corrected chi connectivity index (χ3v) is 7.32. The predicted molar refractivity (Wildman–Crippen MR) is 121 cm³/mol. The highest BCUT2D eigenvalue weighted by molar-refractivity contribution is 7.88. The Hall–Kier alpha value is -2.49. The fourth-order valence-electron chi connectivity index (χ4n) is 3.90. The molecule has 0 radical (unpaired) electrons. The highest BCUT2D eigenvalue weighted by Crippen LogP contribution is 2.33. The first-order valence-corrected chi connectivity index (χ1v) is 12.2. The molecule has 4 rings (SSSR count). The van der Waals surface area contributed by atoms with E-state index in [0.29, 0.717) is 53.4 Å². The molecule has 0 unspecified atom stereocenters. The average Bonchev–Trinajstić information content (AvgIpc) is 3.06. The standard InChI is InChI=1S/C21H24ClN5O3S/c1-13-4-6-15(7-5-13)24-21(28)17-12-23-20-18(19(17)22)14(2)25-27(20)16-8-10-26(11-9-16)31(3,29)30/h4-7,12,16H,8-11H2,1-3H3,(H,24,28). The lowest BCUT2D eigenvalue weighted by Crippen LogP contribution is -2.38. The largest absolute Gasteiger partial charge is 0.322 e. The molecule has 1 aromatic carbocycles. The highest BCUT2D eigenvalue weighted by atomic mass is 35.5. The molecule has 8 nitrogen and oxygen atoms in total. The van der Waals surface area contributed by atoms with Crippen LogP contribution in [0.25, 0.3) is 11.0 Å². The molecule has 0 saturated carbocycles. The summed E-state index contributed by atoms with van der Waals surface area (Å²) in [7, 11) is -3.20. The number of benzene rings is 1. The number of pyridine rings is 1. The molecule has 10 heteroatoms. The second kappa shape index (κ2) is 8.22. The fourth-order valence-corrected chi connectivity index (χ4v) is 5.13. The minimum absolute atomic E-state index is 0.0185. The lowest BCUT2D eigenvalue weighted by Gasteiger charge is -2.30. The van der Waals surface area contributed by atoms with Crippen molar-refractivity contribution in [3.63, 3.8) is 0 Å². The topological polar surface area (TPSA) is 97.2 Å². The Bertz CT molecular complexity index is 1250. The van der Waals surface area contributed by atoms with Gasteiger partial charge >= 0.3 is 0 Å². The van der Waals surface area contributed by atoms with Gasteiger partial charge in [0, 0.05) is 25.0 Å². The molecule has 1 amide bonds. The number of amides is 1. The maximum atomic E-state index is 12.8. The molecule has 3 heterocycles. The molecule has 1 aliphatic rings. The van der Waals surface area contributed by atoms with E-state index in [9.17, 15) is 13.2 Å². The zero-order chi connectivity index (χ0) is 22.3. The lowest BCUT2D eigenvalue weighted by molar-refractivity contribution is 0.102. The molecule has 1 fully saturated rings. The number of anilines is 1. The molecule has 0 spiro atoms. The summed E-state index contributed by atoms with van der Waals surface area (Å²) < 4.78 is 26.9. The number of piperidine rings is 1. The molecule has 2 aromatic heterocycles. The van der Waals surface area contributed by atoms with Gasteiger partial charge in [-0.2, -0.15) is 5.10 Å². The molecular formula is C21H24ClN5O3S. The zero-order valence-electron chi connectivity index (χ0n) is 17.6. The number of aromatic nitrogens is 3. The van der Waals surface area contributed by atoms with Crippen LogP contribution in [0.5, 0.6) is 0 Å². The Labute approximate surface area is 186 Å². The van der Waals surface area contributed by atoms with E-state index in [-0.39, 0.29) is 17.5 Å². The van der Waals surface area contributed by atoms with Gasteiger partial charge in [-0.1, -0.05) is 29.3 Å². The van der Waals surface area contributed by atoms with Crippen LogP contribution in [0.15, 0.2) is 30.5 Å². The van der Waals surface area contributed by atoms with Gasteiger partial charge in [-0.25, -0.2) is 22.4 Å². The number of hydrogen-bond donors (Lipinski definition) is 1. The van der Waals surface area contributed by atoms with Crippen molar-refractivity contribution in [2.75, 3.05) is 24.7 Å². The van der Waals surface area contributed by atoms with Gasteiger partial charge in [-0.15, -0.1) is 0 Å². The third-order valence-electron chi connectivity index (χ3n) is 5.62. The van der Waals surface area contributed by atoms with Crippen LogP contribution < -0.4 is 5.32 Å². The van der Waals surface area contributed by atoms with Crippen molar-refractivity contribution < 1.29 is 13.2 Å². The van der Waals surface area contributed by atoms with E-state index in [4.69, 9.17) is 11.6 Å². The Morgan fingerprint density at radius 3 is 2.42 bits per heavy atom. The zero-order valence-corrected chi connectivity index (χ0v) is 19.2. The van der Waals surface area contributed by atoms with E-state index in [2.05, 4.69) is 15.4 Å². The number of carbonyl (C=O) groups is 1. The Morgan fingerprint density at radius 1 is 1.16 bits per heavy atom. The van der Waals surface area contributed by atoms with Crippen LogP contribution in [-0.2, 0) is 10.0 Å². The molecule has 1 N–H and O–H groups in total. The van der Waals surface area contributed by atoms with Crippen LogP contribution in [0.1, 0.15) is 40.5 Å². The van der Waals surface area contributed by atoms with E-state index in [1.54, 1.807) is 0 Å². The molecule has 31 heavy (non-hydrogen) atoms. The van der Waals surface area contributed by atoms with Gasteiger partial charge in [0.1, 0.15) is 0 Å². The number of sulfonamides is 1. The summed E-state index contributed by atoms with van der Waals surface area (Å²) in [6, 6.07) is 7.52. The van der Waals surface area contributed by atoms with Crippen LogP contribution in [0.4, 0.5) is 5.69 Å². The molecule has 3 aromatic rings. The SMILES string of the molecule is Cc1ccc(NC(=O)c2cnc3c(c(C)nn3C3CCN(S(C)(=O)=O)CC3)c2Cl)cc1. The summed E-state index contributed by atoms with van der Waals surface area (Å²) in [5.74, 6) is -0.336. The van der Waals surface area contributed by atoms with Crippen molar-refractivity contribution in [2.45, 2.75) is 32.7 Å². The van der Waals surface area contributed by atoms with Gasteiger partial charge in [0.25, 0.3) is 5.91 Å². The highest BCUT2D eigenvalue weighted by Gasteiger charge is 2.29. The van der Waals surface area contributed by atoms with Crippen LogP contribution in [-0.4, -0.2) is 52.7 Å². The second-order valence-electron chi connectivity index (χ2n) is 7.93. The number of fused-ring (bicyclic) bond motifs is 1. The quantitative estimate of drug-likeness (QED) is 0.640. The number of carbonyl (C=O) groups excluding carboxylic acids is 1. The van der Waals surface area contributed by atoms with Crippen LogP contribution in [0.3, 0.4) is 0 Å². The summed E-state index contributed by atoms with van der Waals surface area (Å²) in [5, 5.41) is 8.43. The van der Waals surface area contributed by atoms with E-state index in [1.807, 2.05) is 42.8 Å². The Kier molecular flexibility index (Phi) is 5.76. The summed E-state index contributed by atoms with van der Waals surface area (Å²) >= 11 is 6.63. The van der Waals surface area contributed by atoms with Crippen molar-refractivity contribution in [2.24, 2.45) is 0 Å². The van der Waals surface area contributed by atoms with Crippen molar-refractivity contribution in [1.82, 2.24) is 19.1 Å². The van der Waals surface area contributed by atoms with Gasteiger partial charge in [0.15, 0.2) is 5.65 Å². The predicted octanol–water partition coefficient (Wildman–Crippen LogP) is 3.55. The van der Waals surface area contributed by atoms with E-state index in [0.717, 1.165) is 5.56 Å². The minimum atomic E-state index is -3.20. The molecule has 0 bridgehead atoms. The summed E-state index contributed by atoms with van der Waals surface area (Å²) in [6.07, 6.45) is 3.97. The molecule has 1 aliphatic heterocycles. The van der Waals surface area contributed by atoms with Crippen LogP contribution in [0, 0.1) is 13.8 Å². The lowest BCUT2D eigenvalue weighted by atomic mass is 10.1. The molecular weight excluding hydrogens is 438 g/mol. The van der Waals surface area contributed by atoms with E-state index >= 15 is 0 Å². The normalized spacial score (nSPS) is 16.0. The first kappa shape index (κ1) is 21.7. The third kappa shape index (κ3) is 4.30. The van der Waals surface area contributed by atoms with Crippen molar-refractivity contribution >= 4 is 44.3 Å². The molecule has 1 saturated heterocycles. The minimum Gasteiger partial charge on any atom is -0.322 e. The van der Waals surface area contributed by atoms with Gasteiger partial charge in [0.2, 0.25) is 10.0 Å². The second-order valence-corrected chi connectivity index (χ2v) is 10.3. The number of halogens is 1. The Balaban J connectivity index is 1.61. The van der Waals surface area contributed by atoms with Crippen LogP contribution >= 0.6 is 11.6 Å². The fraction of sp³-hybridized carbons (Fsp3) is 0.381. The number of nitrogens with one attached hydrogen (secondary N) is 1. The van der Waals surface area contributed by atoms with Crippen molar-refractivity contribution in [1.29, 1.82) is 0 Å². The first-order valence-electron chi connectivity index (χ1n) is 10.0. The first-order chi connectivity index (χ1) is 14.6. The molecule has 164 valence electrons. The average molecular weight is 462 g/mol. The molecule has 0 atom stereocenters. The number of aryl methyl sites for hydroxylation is 2. The number of hydrogen-bond acceptors (Lipinski definition) is 5. The number of nitrogens with zero attached hydrogens (tertiary/aromatic N) is 4. The van der Waals surface area contributed by atoms with Gasteiger partial charge in [-0.3, -0.25) is 4.79 Å². The van der Waals surface area contributed by atoms with Crippen LogP contribution in [0.2, 0.25) is 5.02 Å². The van der Waals surface area contributed by atoms with Gasteiger partial charge in [-0.05, 0) is 38.8 Å². The van der Waals surface area contributed by atoms with E-state index < -0.39 is 10.0 Å². The maximum Gasteiger partial charge on any atom is 0.258 e. The summed E-state index contributed by atoms with van der Waals surface area (Å²) in [5.41, 5.74) is 3.35. The number of rotatable bonds is 4.